The summed E-state index contributed by atoms with van der Waals surface area (Å²) in [5, 5.41) is 9.81. The van der Waals surface area contributed by atoms with E-state index in [0.29, 0.717) is 5.69 Å². The Labute approximate surface area is 204 Å². The van der Waals surface area contributed by atoms with Gasteiger partial charge in [-0.15, -0.1) is 0 Å². The van der Waals surface area contributed by atoms with Gasteiger partial charge in [0.2, 0.25) is 0 Å². The highest BCUT2D eigenvalue weighted by Gasteiger charge is 2.31. The number of aromatic carboxylic acids is 1. The van der Waals surface area contributed by atoms with Gasteiger partial charge in [0.15, 0.2) is 0 Å². The molecule has 0 heterocycles. The summed E-state index contributed by atoms with van der Waals surface area (Å²) < 4.78 is 5.93. The molecule has 0 fully saturated rings. The Morgan fingerprint density at radius 1 is 0.771 bits per heavy atom. The number of hydrogen-bond acceptors (Lipinski definition) is 3. The highest BCUT2D eigenvalue weighted by atomic mass is 16.6. The van der Waals surface area contributed by atoms with E-state index in [4.69, 9.17) is 4.74 Å². The molecule has 0 bridgehead atoms. The molecule has 0 saturated carbocycles. The fourth-order valence-electron chi connectivity index (χ4n) is 4.81. The lowest BCUT2D eigenvalue weighted by Crippen LogP contribution is -2.30. The number of carbonyl (C=O) groups is 2. The Hall–Kier alpha value is -4.38. The number of aryl methyl sites for hydroxylation is 1. The summed E-state index contributed by atoms with van der Waals surface area (Å²) in [7, 11) is 0. The third-order valence-corrected chi connectivity index (χ3v) is 6.71. The Morgan fingerprint density at radius 3 is 2.00 bits per heavy atom. The molecule has 0 atom stereocenters. The van der Waals surface area contributed by atoms with E-state index in [-0.39, 0.29) is 23.8 Å². The maximum absolute atomic E-state index is 13.7. The molecule has 174 valence electrons. The highest BCUT2D eigenvalue weighted by molar-refractivity contribution is 6.04. The van der Waals surface area contributed by atoms with Crippen LogP contribution in [-0.2, 0) is 4.74 Å². The van der Waals surface area contributed by atoms with Crippen LogP contribution in [0.2, 0.25) is 0 Å². The van der Waals surface area contributed by atoms with E-state index in [0.717, 1.165) is 33.4 Å². The van der Waals surface area contributed by atoms with E-state index >= 15 is 0 Å². The van der Waals surface area contributed by atoms with Crippen molar-refractivity contribution in [2.24, 2.45) is 0 Å². The summed E-state index contributed by atoms with van der Waals surface area (Å²) in [6.45, 7) is 4.01. The molecule has 5 nitrogen and oxygen atoms in total. The van der Waals surface area contributed by atoms with Crippen LogP contribution in [0.1, 0.15) is 38.5 Å². The predicted octanol–water partition coefficient (Wildman–Crippen LogP) is 7.09. The van der Waals surface area contributed by atoms with Crippen molar-refractivity contribution in [3.63, 3.8) is 0 Å². The highest BCUT2D eigenvalue weighted by Crippen LogP contribution is 2.44. The second-order valence-electron chi connectivity index (χ2n) is 8.68. The van der Waals surface area contributed by atoms with E-state index in [1.165, 1.54) is 11.0 Å². The fraction of sp³-hybridized carbons (Fsp3) is 0.133. The van der Waals surface area contributed by atoms with E-state index in [1.54, 1.807) is 18.2 Å². The third-order valence-electron chi connectivity index (χ3n) is 6.71. The second-order valence-corrected chi connectivity index (χ2v) is 8.68. The molecule has 0 aromatic heterocycles. The zero-order valence-electron chi connectivity index (χ0n) is 19.6. The first-order chi connectivity index (χ1) is 17.0. The van der Waals surface area contributed by atoms with Crippen molar-refractivity contribution >= 4 is 23.4 Å². The first kappa shape index (κ1) is 22.4. The number of carboxylic acids is 1. The van der Waals surface area contributed by atoms with E-state index < -0.39 is 12.1 Å². The van der Waals surface area contributed by atoms with Gasteiger partial charge < -0.3 is 9.84 Å². The van der Waals surface area contributed by atoms with Crippen molar-refractivity contribution < 1.29 is 19.4 Å². The number of ether oxygens (including phenoxy) is 1. The van der Waals surface area contributed by atoms with Gasteiger partial charge in [-0.2, -0.15) is 0 Å². The number of amides is 1. The van der Waals surface area contributed by atoms with Crippen LogP contribution in [0.3, 0.4) is 0 Å². The molecule has 0 unspecified atom stereocenters. The van der Waals surface area contributed by atoms with Gasteiger partial charge in [0.1, 0.15) is 6.61 Å². The Kier molecular flexibility index (Phi) is 5.83. The van der Waals surface area contributed by atoms with Crippen LogP contribution in [0.25, 0.3) is 11.1 Å². The van der Waals surface area contributed by atoms with Crippen molar-refractivity contribution in [3.05, 3.63) is 119 Å². The summed E-state index contributed by atoms with van der Waals surface area (Å²) in [6, 6.07) is 28.4. The van der Waals surface area contributed by atoms with Crippen molar-refractivity contribution in [2.45, 2.75) is 19.8 Å². The summed E-state index contributed by atoms with van der Waals surface area (Å²) >= 11 is 0. The number of carboxylic acid groups (broad SMARTS) is 1. The zero-order valence-corrected chi connectivity index (χ0v) is 19.6. The molecule has 0 radical (unpaired) electrons. The zero-order chi connectivity index (χ0) is 24.5. The maximum Gasteiger partial charge on any atom is 0.419 e. The van der Waals surface area contributed by atoms with Gasteiger partial charge in [-0.25, -0.2) is 14.5 Å². The largest absolute Gasteiger partial charge is 0.478 e. The third kappa shape index (κ3) is 3.95. The maximum atomic E-state index is 13.7. The minimum atomic E-state index is -1.11. The molecule has 1 N–H and O–H groups in total. The number of carbonyl (C=O) groups excluding carboxylic acids is 1. The van der Waals surface area contributed by atoms with Crippen LogP contribution >= 0.6 is 0 Å². The van der Waals surface area contributed by atoms with Gasteiger partial charge in [0, 0.05) is 5.92 Å². The average molecular weight is 464 g/mol. The Bertz CT molecular complexity index is 1400. The summed E-state index contributed by atoms with van der Waals surface area (Å²) in [5.74, 6) is -1.20. The van der Waals surface area contributed by atoms with Gasteiger partial charge in [-0.3, -0.25) is 0 Å². The number of rotatable bonds is 5. The van der Waals surface area contributed by atoms with Gasteiger partial charge >= 0.3 is 12.1 Å². The SMILES string of the molecule is Cc1cccc(N(C(=O)OCC2c3ccccc3-c3ccccc32)c2ccccc2C(=O)O)c1C. The topological polar surface area (TPSA) is 66.8 Å². The van der Waals surface area contributed by atoms with Gasteiger partial charge in [-0.05, 0) is 65.4 Å². The van der Waals surface area contributed by atoms with Gasteiger partial charge in [0.25, 0.3) is 0 Å². The quantitative estimate of drug-likeness (QED) is 0.343. The van der Waals surface area contributed by atoms with E-state index in [9.17, 15) is 14.7 Å². The smallest absolute Gasteiger partial charge is 0.419 e. The van der Waals surface area contributed by atoms with E-state index in [1.807, 2.05) is 56.3 Å². The monoisotopic (exact) mass is 463 g/mol. The number of fused-ring (bicyclic) bond motifs is 3. The number of nitrogens with zero attached hydrogens (tertiary/aromatic N) is 1. The molecular formula is C30H25NO4. The number of para-hydroxylation sites is 1. The fourth-order valence-corrected chi connectivity index (χ4v) is 4.81. The molecule has 4 aromatic carbocycles. The average Bonchev–Trinajstić information content (AvgIpc) is 3.19. The molecule has 0 aliphatic heterocycles. The van der Waals surface area contributed by atoms with Crippen LogP contribution in [0.15, 0.2) is 91.0 Å². The first-order valence-corrected chi connectivity index (χ1v) is 11.5. The lowest BCUT2D eigenvalue weighted by molar-refractivity contribution is 0.0697. The number of anilines is 2. The first-order valence-electron chi connectivity index (χ1n) is 11.5. The molecule has 5 heteroatoms. The van der Waals surface area contributed by atoms with Crippen molar-refractivity contribution in [1.82, 2.24) is 0 Å². The Morgan fingerprint density at radius 2 is 1.34 bits per heavy atom. The van der Waals surface area contributed by atoms with Crippen LogP contribution in [0.4, 0.5) is 16.2 Å². The van der Waals surface area contributed by atoms with Crippen LogP contribution in [0, 0.1) is 13.8 Å². The normalized spacial score (nSPS) is 12.1. The molecule has 0 spiro atoms. The minimum absolute atomic E-state index is 0.0295. The molecule has 0 saturated heterocycles. The van der Waals surface area contributed by atoms with Gasteiger partial charge in [-0.1, -0.05) is 72.8 Å². The van der Waals surface area contributed by atoms with Crippen LogP contribution in [-0.4, -0.2) is 23.8 Å². The van der Waals surface area contributed by atoms with Crippen molar-refractivity contribution in [2.75, 3.05) is 11.5 Å². The molecule has 1 aliphatic carbocycles. The lowest BCUT2D eigenvalue weighted by Gasteiger charge is -2.27. The van der Waals surface area contributed by atoms with Crippen molar-refractivity contribution in [1.29, 1.82) is 0 Å². The standard InChI is InChI=1S/C30H25NO4/c1-19-10-9-17-27(20(19)2)31(28-16-8-7-15-25(28)29(32)33)30(34)35-18-26-23-13-5-3-11-21(23)22-12-4-6-14-24(22)26/h3-17,26H,18H2,1-2H3,(H,32,33). The van der Waals surface area contributed by atoms with Gasteiger partial charge in [0.05, 0.1) is 16.9 Å². The molecule has 35 heavy (non-hydrogen) atoms. The lowest BCUT2D eigenvalue weighted by atomic mass is 9.98. The number of benzene rings is 4. The molecule has 1 amide bonds. The molecule has 1 aliphatic rings. The molecular weight excluding hydrogens is 438 g/mol. The van der Waals surface area contributed by atoms with Crippen molar-refractivity contribution in [3.8, 4) is 11.1 Å². The molecule has 5 rings (SSSR count). The Balaban J connectivity index is 1.52. The molecule has 4 aromatic rings. The second kappa shape index (κ2) is 9.11. The summed E-state index contributed by atoms with van der Waals surface area (Å²) in [6.07, 6.45) is -0.616. The van der Waals surface area contributed by atoms with Crippen LogP contribution in [0.5, 0.6) is 0 Å². The minimum Gasteiger partial charge on any atom is -0.478 e. The van der Waals surface area contributed by atoms with Crippen LogP contribution < -0.4 is 4.90 Å². The van der Waals surface area contributed by atoms with E-state index in [2.05, 4.69) is 24.3 Å². The summed E-state index contributed by atoms with van der Waals surface area (Å²) in [5.41, 5.74) is 7.28. The number of hydrogen-bond donors (Lipinski definition) is 1. The summed E-state index contributed by atoms with van der Waals surface area (Å²) in [4.78, 5) is 27.0. The predicted molar refractivity (Wildman–Crippen MR) is 137 cm³/mol.